The first kappa shape index (κ1) is 18.1. The Labute approximate surface area is 166 Å². The number of Topliss-reactive ketones (excluding diaryl/α,β-unsaturated/α-hetero) is 1. The number of anilines is 1. The normalized spacial score (nSPS) is 10.8. The Morgan fingerprint density at radius 1 is 0.929 bits per heavy atom. The zero-order valence-electron chi connectivity index (χ0n) is 15.3. The van der Waals surface area contributed by atoms with E-state index >= 15 is 0 Å². The second-order valence-electron chi connectivity index (χ2n) is 6.48. The molecule has 1 heterocycles. The average molecular weight is 386 g/mol. The van der Waals surface area contributed by atoms with E-state index in [4.69, 9.17) is 0 Å². The van der Waals surface area contributed by atoms with E-state index in [0.717, 1.165) is 21.9 Å². The van der Waals surface area contributed by atoms with Gasteiger partial charge in [-0.3, -0.25) is 9.59 Å². The standard InChI is InChI=1S/C23H18N2O2S/c1-15(26)22-21(17-9-3-2-4-10-17)25-23(28-22)24-20(27)14-18-12-7-11-16-8-5-6-13-19(16)18/h2-13H,14H2,1H3,(H,24,25,27). The molecule has 0 aliphatic heterocycles. The molecule has 3 aromatic carbocycles. The Bertz CT molecular complexity index is 1160. The Morgan fingerprint density at radius 2 is 1.64 bits per heavy atom. The third kappa shape index (κ3) is 3.70. The molecule has 28 heavy (non-hydrogen) atoms. The number of benzene rings is 3. The first-order chi connectivity index (χ1) is 13.6. The molecule has 0 saturated heterocycles. The fourth-order valence-electron chi connectivity index (χ4n) is 3.19. The Kier molecular flexibility index (Phi) is 5.00. The van der Waals surface area contributed by atoms with Gasteiger partial charge in [-0.15, -0.1) is 0 Å². The van der Waals surface area contributed by atoms with Crippen LogP contribution in [0, 0.1) is 0 Å². The van der Waals surface area contributed by atoms with E-state index < -0.39 is 0 Å². The van der Waals surface area contributed by atoms with Crippen LogP contribution >= 0.6 is 11.3 Å². The highest BCUT2D eigenvalue weighted by Gasteiger charge is 2.18. The van der Waals surface area contributed by atoms with Gasteiger partial charge in [0.25, 0.3) is 0 Å². The molecule has 4 aromatic rings. The van der Waals surface area contributed by atoms with Gasteiger partial charge in [0, 0.05) is 12.5 Å². The predicted molar refractivity (Wildman–Crippen MR) is 114 cm³/mol. The molecule has 1 N–H and O–H groups in total. The number of aromatic nitrogens is 1. The zero-order chi connectivity index (χ0) is 19.5. The van der Waals surface area contributed by atoms with Gasteiger partial charge in [-0.25, -0.2) is 4.98 Å². The van der Waals surface area contributed by atoms with Crippen LogP contribution in [0.2, 0.25) is 0 Å². The summed E-state index contributed by atoms with van der Waals surface area (Å²) >= 11 is 1.21. The number of rotatable bonds is 5. The molecule has 138 valence electrons. The van der Waals surface area contributed by atoms with Crippen LogP contribution in [-0.4, -0.2) is 16.7 Å². The molecular weight excluding hydrogens is 368 g/mol. The van der Waals surface area contributed by atoms with Crippen molar-refractivity contribution in [3.05, 3.63) is 83.2 Å². The quantitative estimate of drug-likeness (QED) is 0.471. The Balaban J connectivity index is 1.59. The monoisotopic (exact) mass is 386 g/mol. The highest BCUT2D eigenvalue weighted by atomic mass is 32.1. The molecule has 0 unspecified atom stereocenters. The van der Waals surface area contributed by atoms with Gasteiger partial charge in [0.2, 0.25) is 5.91 Å². The molecule has 0 aliphatic carbocycles. The van der Waals surface area contributed by atoms with Crippen molar-refractivity contribution in [2.75, 3.05) is 5.32 Å². The van der Waals surface area contributed by atoms with Crippen molar-refractivity contribution in [3.8, 4) is 11.3 Å². The summed E-state index contributed by atoms with van der Waals surface area (Å²) in [5, 5.41) is 5.46. The second kappa shape index (κ2) is 7.74. The predicted octanol–water partition coefficient (Wildman–Crippen LogP) is 5.35. The van der Waals surface area contributed by atoms with E-state index in [9.17, 15) is 9.59 Å². The molecule has 0 atom stereocenters. The number of ketones is 1. The van der Waals surface area contributed by atoms with Gasteiger partial charge in [-0.2, -0.15) is 0 Å². The molecule has 0 aliphatic rings. The molecule has 0 saturated carbocycles. The number of carbonyl (C=O) groups is 2. The van der Waals surface area contributed by atoms with Crippen LogP contribution in [0.5, 0.6) is 0 Å². The largest absolute Gasteiger partial charge is 0.302 e. The highest BCUT2D eigenvalue weighted by molar-refractivity contribution is 7.18. The van der Waals surface area contributed by atoms with Crippen LogP contribution in [-0.2, 0) is 11.2 Å². The van der Waals surface area contributed by atoms with Gasteiger partial charge in [0.05, 0.1) is 17.0 Å². The molecule has 0 fully saturated rings. The molecule has 4 nitrogen and oxygen atoms in total. The van der Waals surface area contributed by atoms with E-state index in [-0.39, 0.29) is 18.1 Å². The summed E-state index contributed by atoms with van der Waals surface area (Å²) in [5.74, 6) is -0.217. The summed E-state index contributed by atoms with van der Waals surface area (Å²) in [4.78, 5) is 29.7. The van der Waals surface area contributed by atoms with E-state index in [2.05, 4.69) is 10.3 Å². The lowest BCUT2D eigenvalue weighted by Crippen LogP contribution is -2.14. The van der Waals surface area contributed by atoms with Gasteiger partial charge >= 0.3 is 0 Å². The van der Waals surface area contributed by atoms with Crippen molar-refractivity contribution in [2.24, 2.45) is 0 Å². The molecule has 4 rings (SSSR count). The zero-order valence-corrected chi connectivity index (χ0v) is 16.1. The van der Waals surface area contributed by atoms with Gasteiger partial charge in [-0.1, -0.05) is 84.1 Å². The third-order valence-electron chi connectivity index (χ3n) is 4.47. The minimum Gasteiger partial charge on any atom is -0.302 e. The molecule has 1 aromatic heterocycles. The maximum absolute atomic E-state index is 12.6. The lowest BCUT2D eigenvalue weighted by molar-refractivity contribution is -0.115. The maximum Gasteiger partial charge on any atom is 0.230 e. The van der Waals surface area contributed by atoms with Crippen molar-refractivity contribution < 1.29 is 9.59 Å². The number of fused-ring (bicyclic) bond motifs is 1. The van der Waals surface area contributed by atoms with Crippen molar-refractivity contribution in [2.45, 2.75) is 13.3 Å². The fourth-order valence-corrected chi connectivity index (χ4v) is 4.09. The topological polar surface area (TPSA) is 59.1 Å². The number of hydrogen-bond donors (Lipinski definition) is 1. The number of carbonyl (C=O) groups excluding carboxylic acids is 2. The fraction of sp³-hybridized carbons (Fsp3) is 0.0870. The molecule has 0 radical (unpaired) electrons. The molecule has 0 bridgehead atoms. The minimum atomic E-state index is -0.153. The smallest absolute Gasteiger partial charge is 0.230 e. The van der Waals surface area contributed by atoms with Crippen LogP contribution in [0.25, 0.3) is 22.0 Å². The molecule has 1 amide bonds. The van der Waals surface area contributed by atoms with Crippen LogP contribution in [0.15, 0.2) is 72.8 Å². The van der Waals surface area contributed by atoms with E-state index in [1.54, 1.807) is 0 Å². The van der Waals surface area contributed by atoms with Gasteiger partial charge in [0.1, 0.15) is 0 Å². The minimum absolute atomic E-state index is 0.0640. The van der Waals surface area contributed by atoms with Gasteiger partial charge < -0.3 is 5.32 Å². The Hall–Kier alpha value is -3.31. The van der Waals surface area contributed by atoms with E-state index in [1.807, 2.05) is 72.8 Å². The summed E-state index contributed by atoms with van der Waals surface area (Å²) in [5.41, 5.74) is 2.43. The lowest BCUT2D eigenvalue weighted by Gasteiger charge is -2.06. The summed E-state index contributed by atoms with van der Waals surface area (Å²) in [6.07, 6.45) is 0.247. The van der Waals surface area contributed by atoms with Crippen molar-refractivity contribution in [3.63, 3.8) is 0 Å². The first-order valence-electron chi connectivity index (χ1n) is 8.95. The maximum atomic E-state index is 12.6. The van der Waals surface area contributed by atoms with Crippen molar-refractivity contribution >= 4 is 38.9 Å². The van der Waals surface area contributed by atoms with Crippen LogP contribution in [0.4, 0.5) is 5.13 Å². The SMILES string of the molecule is CC(=O)c1sc(NC(=O)Cc2cccc3ccccc23)nc1-c1ccccc1. The van der Waals surface area contributed by atoms with Crippen LogP contribution in [0.3, 0.4) is 0 Å². The molecular formula is C23H18N2O2S. The molecule has 5 heteroatoms. The van der Waals surface area contributed by atoms with Gasteiger partial charge in [0.15, 0.2) is 10.9 Å². The number of thiazole rings is 1. The van der Waals surface area contributed by atoms with Crippen LogP contribution in [0.1, 0.15) is 22.2 Å². The van der Waals surface area contributed by atoms with Gasteiger partial charge in [-0.05, 0) is 16.3 Å². The highest BCUT2D eigenvalue weighted by Crippen LogP contribution is 2.31. The second-order valence-corrected chi connectivity index (χ2v) is 7.48. The first-order valence-corrected chi connectivity index (χ1v) is 9.77. The molecule has 0 spiro atoms. The van der Waals surface area contributed by atoms with Crippen molar-refractivity contribution in [1.29, 1.82) is 0 Å². The van der Waals surface area contributed by atoms with E-state index in [1.165, 1.54) is 18.3 Å². The van der Waals surface area contributed by atoms with Crippen LogP contribution < -0.4 is 5.32 Å². The number of nitrogens with zero attached hydrogens (tertiary/aromatic N) is 1. The third-order valence-corrected chi connectivity index (χ3v) is 5.54. The number of nitrogens with one attached hydrogen (secondary N) is 1. The van der Waals surface area contributed by atoms with E-state index in [0.29, 0.717) is 15.7 Å². The average Bonchev–Trinajstić information content (AvgIpc) is 3.13. The van der Waals surface area contributed by atoms with Crippen molar-refractivity contribution in [1.82, 2.24) is 4.98 Å². The number of hydrogen-bond acceptors (Lipinski definition) is 4. The Morgan fingerprint density at radius 3 is 2.43 bits per heavy atom. The summed E-state index contributed by atoms with van der Waals surface area (Å²) < 4.78 is 0. The lowest BCUT2D eigenvalue weighted by atomic mass is 10.0. The summed E-state index contributed by atoms with van der Waals surface area (Å²) in [6.45, 7) is 1.52. The number of amides is 1. The summed E-state index contributed by atoms with van der Waals surface area (Å²) in [6, 6.07) is 23.5. The summed E-state index contributed by atoms with van der Waals surface area (Å²) in [7, 11) is 0.